The van der Waals surface area contributed by atoms with Crippen LogP contribution in [0.2, 0.25) is 0 Å². The van der Waals surface area contributed by atoms with Gasteiger partial charge in [-0.05, 0) is 50.3 Å². The van der Waals surface area contributed by atoms with Gasteiger partial charge >= 0.3 is 7.12 Å². The normalized spacial score (nSPS) is 19.9. The van der Waals surface area contributed by atoms with Gasteiger partial charge in [0.15, 0.2) is 0 Å². The third-order valence-electron chi connectivity index (χ3n) is 4.43. The quantitative estimate of drug-likeness (QED) is 0.738. The molecule has 3 rings (SSSR count). The minimum atomic E-state index is -0.290. The van der Waals surface area contributed by atoms with Crippen molar-refractivity contribution in [2.45, 2.75) is 38.9 Å². The second-order valence-corrected chi connectivity index (χ2v) is 7.53. The fourth-order valence-corrected chi connectivity index (χ4v) is 3.09. The number of rotatable bonds is 3. The maximum absolute atomic E-state index is 5.96. The molecule has 1 aliphatic heterocycles. The molecule has 1 aromatic carbocycles. The van der Waals surface area contributed by atoms with Gasteiger partial charge in [0, 0.05) is 4.88 Å². The zero-order valence-electron chi connectivity index (χ0n) is 13.5. The first kappa shape index (κ1) is 15.5. The predicted octanol–water partition coefficient (Wildman–Crippen LogP) is 5.06. The van der Waals surface area contributed by atoms with Crippen LogP contribution < -0.4 is 0 Å². The van der Waals surface area contributed by atoms with Crippen LogP contribution in [0, 0.1) is 0 Å². The zero-order valence-corrected chi connectivity index (χ0v) is 14.3. The Morgan fingerprint density at radius 2 is 1.59 bits per heavy atom. The highest BCUT2D eigenvalue weighted by Crippen LogP contribution is 2.37. The van der Waals surface area contributed by atoms with Crippen LogP contribution in [-0.2, 0) is 9.31 Å². The van der Waals surface area contributed by atoms with Crippen molar-refractivity contribution in [1.29, 1.82) is 0 Å². The molecule has 0 bridgehead atoms. The smallest absolute Gasteiger partial charge is 0.400 e. The third-order valence-corrected chi connectivity index (χ3v) is 5.35. The van der Waals surface area contributed by atoms with Crippen LogP contribution >= 0.6 is 11.3 Å². The summed E-state index contributed by atoms with van der Waals surface area (Å²) in [5, 5.41) is 2.10. The second-order valence-electron chi connectivity index (χ2n) is 6.58. The minimum absolute atomic E-state index is 0.287. The molecule has 0 aliphatic carbocycles. The summed E-state index contributed by atoms with van der Waals surface area (Å²) in [5.41, 5.74) is 1.83. The van der Waals surface area contributed by atoms with E-state index in [4.69, 9.17) is 9.31 Å². The minimum Gasteiger partial charge on any atom is -0.400 e. The van der Waals surface area contributed by atoms with Gasteiger partial charge in [-0.3, -0.25) is 0 Å². The van der Waals surface area contributed by atoms with Gasteiger partial charge in [0.05, 0.1) is 11.2 Å². The van der Waals surface area contributed by atoms with E-state index in [1.165, 1.54) is 10.4 Å². The van der Waals surface area contributed by atoms with Crippen LogP contribution in [0.1, 0.15) is 33.3 Å². The van der Waals surface area contributed by atoms with Gasteiger partial charge in [0.25, 0.3) is 0 Å². The van der Waals surface area contributed by atoms with Crippen molar-refractivity contribution < 1.29 is 9.31 Å². The summed E-state index contributed by atoms with van der Waals surface area (Å²) in [6.07, 6.45) is 2.06. The molecule has 22 heavy (non-hydrogen) atoms. The molecule has 0 unspecified atom stereocenters. The Labute approximate surface area is 136 Å². The monoisotopic (exact) mass is 312 g/mol. The van der Waals surface area contributed by atoms with Crippen LogP contribution in [-0.4, -0.2) is 18.3 Å². The van der Waals surface area contributed by atoms with Crippen molar-refractivity contribution >= 4 is 24.5 Å². The van der Waals surface area contributed by atoms with Gasteiger partial charge in [-0.2, -0.15) is 0 Å². The van der Waals surface area contributed by atoms with E-state index in [0.717, 1.165) is 5.56 Å². The van der Waals surface area contributed by atoms with E-state index in [2.05, 4.69) is 75.5 Å². The van der Waals surface area contributed by atoms with Gasteiger partial charge in [0.1, 0.15) is 0 Å². The van der Waals surface area contributed by atoms with Crippen molar-refractivity contribution in [3.8, 4) is 10.4 Å². The first-order valence-corrected chi connectivity index (χ1v) is 8.43. The van der Waals surface area contributed by atoms with Crippen molar-refractivity contribution in [2.75, 3.05) is 0 Å². The molecule has 1 fully saturated rings. The molecular formula is C18H21BO2S. The van der Waals surface area contributed by atoms with Crippen LogP contribution in [0.4, 0.5) is 0 Å². The molecule has 1 saturated heterocycles. The lowest BCUT2D eigenvalue weighted by Gasteiger charge is -2.32. The van der Waals surface area contributed by atoms with Crippen molar-refractivity contribution in [3.05, 3.63) is 53.3 Å². The zero-order chi connectivity index (χ0) is 15.8. The van der Waals surface area contributed by atoms with E-state index in [1.807, 2.05) is 5.98 Å². The Bertz CT molecular complexity index is 641. The first-order valence-electron chi connectivity index (χ1n) is 7.55. The Kier molecular flexibility index (Phi) is 4.02. The molecule has 0 atom stereocenters. The van der Waals surface area contributed by atoms with Gasteiger partial charge in [-0.25, -0.2) is 0 Å². The molecule has 114 valence electrons. The van der Waals surface area contributed by atoms with Crippen LogP contribution in [0.5, 0.6) is 0 Å². The van der Waals surface area contributed by atoms with E-state index in [-0.39, 0.29) is 18.3 Å². The molecule has 1 aliphatic rings. The molecule has 0 amide bonds. The van der Waals surface area contributed by atoms with Crippen molar-refractivity contribution in [1.82, 2.24) is 0 Å². The highest BCUT2D eigenvalue weighted by molar-refractivity contribution is 7.13. The van der Waals surface area contributed by atoms with Crippen LogP contribution in [0.3, 0.4) is 0 Å². The summed E-state index contributed by atoms with van der Waals surface area (Å²) >= 11 is 1.76. The molecule has 2 aromatic rings. The maximum atomic E-state index is 5.96. The van der Waals surface area contributed by atoms with E-state index in [9.17, 15) is 0 Å². The molecular weight excluding hydrogens is 291 g/mol. The topological polar surface area (TPSA) is 18.5 Å². The maximum Gasteiger partial charge on any atom is 0.487 e. The van der Waals surface area contributed by atoms with Crippen LogP contribution in [0.15, 0.2) is 47.8 Å². The molecule has 2 nitrogen and oxygen atoms in total. The van der Waals surface area contributed by atoms with E-state index in [1.54, 1.807) is 11.3 Å². The number of hydrogen-bond donors (Lipinski definition) is 0. The SMILES string of the molecule is CC1(C)OB(/C=C/c2ccc(-c3cccs3)cc2)OC1(C)C. The molecule has 1 aromatic heterocycles. The average Bonchev–Trinajstić information content (AvgIpc) is 3.04. The lowest BCUT2D eigenvalue weighted by atomic mass is 9.89. The molecule has 0 saturated carbocycles. The number of benzene rings is 1. The Hall–Kier alpha value is -1.36. The number of thiophene rings is 1. The highest BCUT2D eigenvalue weighted by Gasteiger charge is 2.49. The summed E-state index contributed by atoms with van der Waals surface area (Å²) in [5.74, 6) is 1.98. The second kappa shape index (κ2) is 5.69. The molecule has 0 spiro atoms. The largest absolute Gasteiger partial charge is 0.487 e. The lowest BCUT2D eigenvalue weighted by molar-refractivity contribution is 0.00578. The third kappa shape index (κ3) is 3.05. The predicted molar refractivity (Wildman–Crippen MR) is 94.9 cm³/mol. The van der Waals surface area contributed by atoms with Gasteiger partial charge in [-0.15, -0.1) is 11.3 Å². The van der Waals surface area contributed by atoms with Crippen LogP contribution in [0.25, 0.3) is 16.5 Å². The fraction of sp³-hybridized carbons (Fsp3) is 0.333. The molecule has 2 heterocycles. The highest BCUT2D eigenvalue weighted by atomic mass is 32.1. The summed E-state index contributed by atoms with van der Waals surface area (Å²) in [6.45, 7) is 8.26. The average molecular weight is 312 g/mol. The Balaban J connectivity index is 1.69. The van der Waals surface area contributed by atoms with E-state index in [0.29, 0.717) is 0 Å². The van der Waals surface area contributed by atoms with Crippen molar-refractivity contribution in [2.24, 2.45) is 0 Å². The van der Waals surface area contributed by atoms with Gasteiger partial charge in [-0.1, -0.05) is 42.4 Å². The van der Waals surface area contributed by atoms with E-state index < -0.39 is 0 Å². The Morgan fingerprint density at radius 3 is 2.14 bits per heavy atom. The molecule has 4 heteroatoms. The lowest BCUT2D eigenvalue weighted by Crippen LogP contribution is -2.41. The Morgan fingerprint density at radius 1 is 0.955 bits per heavy atom. The summed E-state index contributed by atoms with van der Waals surface area (Å²) in [4.78, 5) is 1.29. The van der Waals surface area contributed by atoms with Gasteiger partial charge < -0.3 is 9.31 Å². The summed E-state index contributed by atoms with van der Waals surface area (Å²) in [7, 11) is -0.290. The standard InChI is InChI=1S/C18H21BO2S/c1-17(2)18(3,4)21-19(20-17)12-11-14-7-9-15(10-8-14)16-6-5-13-22-16/h5-13H,1-4H3/b12-11+. The number of hydrogen-bond acceptors (Lipinski definition) is 3. The first-order chi connectivity index (χ1) is 10.4. The van der Waals surface area contributed by atoms with Gasteiger partial charge in [0.2, 0.25) is 0 Å². The fourth-order valence-electron chi connectivity index (χ4n) is 2.36. The van der Waals surface area contributed by atoms with Crippen molar-refractivity contribution in [3.63, 3.8) is 0 Å². The summed E-state index contributed by atoms with van der Waals surface area (Å²) < 4.78 is 11.9. The molecule has 0 radical (unpaired) electrons. The summed E-state index contributed by atoms with van der Waals surface area (Å²) in [6, 6.07) is 12.8. The molecule has 0 N–H and O–H groups in total. The van der Waals surface area contributed by atoms with E-state index >= 15 is 0 Å².